The highest BCUT2D eigenvalue weighted by atomic mass is 14.6. The topological polar surface area (TPSA) is 52.0 Å². The van der Waals surface area contributed by atoms with Gasteiger partial charge in [-0.1, -0.05) is 6.08 Å². The fourth-order valence-corrected chi connectivity index (χ4v) is 1.07. The number of benzene rings is 1. The fourth-order valence-electron chi connectivity index (χ4n) is 1.07. The molecule has 0 aromatic heterocycles. The normalized spacial score (nSPS) is 11.7. The van der Waals surface area contributed by atoms with Crippen LogP contribution in [0.5, 0.6) is 0 Å². The Labute approximate surface area is 72.9 Å². The van der Waals surface area contributed by atoms with Gasteiger partial charge in [0.25, 0.3) is 0 Å². The lowest BCUT2D eigenvalue weighted by Crippen LogP contribution is -1.94. The van der Waals surface area contributed by atoms with Crippen LogP contribution in [0.2, 0.25) is 0 Å². The van der Waals surface area contributed by atoms with Crippen LogP contribution in [-0.2, 0) is 0 Å². The van der Waals surface area contributed by atoms with Gasteiger partial charge >= 0.3 is 0 Å². The van der Waals surface area contributed by atoms with E-state index < -0.39 is 0 Å². The first-order valence-electron chi connectivity index (χ1n) is 3.93. The van der Waals surface area contributed by atoms with E-state index in [9.17, 15) is 0 Å². The zero-order valence-electron chi connectivity index (χ0n) is 7.46. The van der Waals surface area contributed by atoms with Crippen molar-refractivity contribution in [2.24, 2.45) is 0 Å². The highest BCUT2D eigenvalue weighted by Crippen LogP contribution is 2.23. The molecule has 4 N–H and O–H groups in total. The van der Waals surface area contributed by atoms with E-state index in [2.05, 4.69) is 0 Å². The van der Waals surface area contributed by atoms with Crippen molar-refractivity contribution >= 4 is 16.9 Å². The van der Waals surface area contributed by atoms with Crippen LogP contribution < -0.4 is 11.5 Å². The molecule has 1 aromatic rings. The summed E-state index contributed by atoms with van der Waals surface area (Å²) in [6, 6.07) is 5.53. The molecule has 0 saturated heterocycles. The molecule has 1 rings (SSSR count). The van der Waals surface area contributed by atoms with Gasteiger partial charge in [0.1, 0.15) is 0 Å². The van der Waals surface area contributed by atoms with Gasteiger partial charge in [-0.15, -0.1) is 0 Å². The molecule has 0 unspecified atom stereocenters. The molecule has 2 heteroatoms. The lowest BCUT2D eigenvalue weighted by molar-refractivity contribution is 1.53. The maximum atomic E-state index is 5.77. The number of nitrogens with two attached hydrogens (primary N) is 2. The number of hydrogen-bond donors (Lipinski definition) is 2. The minimum absolute atomic E-state index is 0.750. The third-order valence-electron chi connectivity index (χ3n) is 1.94. The van der Waals surface area contributed by atoms with E-state index in [0.717, 1.165) is 22.5 Å². The van der Waals surface area contributed by atoms with E-state index in [1.165, 1.54) is 0 Å². The predicted molar refractivity (Wildman–Crippen MR) is 54.6 cm³/mol. The molecule has 2 nitrogen and oxygen atoms in total. The SMILES string of the molecule is CC=C(C)c1cc(N)ccc1N. The van der Waals surface area contributed by atoms with Crippen LogP contribution in [0.4, 0.5) is 11.4 Å². The van der Waals surface area contributed by atoms with Crippen molar-refractivity contribution in [2.45, 2.75) is 13.8 Å². The second kappa shape index (κ2) is 3.30. The molecule has 0 atom stereocenters. The van der Waals surface area contributed by atoms with Crippen molar-refractivity contribution in [3.8, 4) is 0 Å². The molecule has 64 valence electrons. The molecule has 0 heterocycles. The Morgan fingerprint density at radius 2 is 2.00 bits per heavy atom. The van der Waals surface area contributed by atoms with E-state index >= 15 is 0 Å². The summed E-state index contributed by atoms with van der Waals surface area (Å²) in [5.74, 6) is 0. The molecule has 1 aromatic carbocycles. The molecule has 0 aliphatic heterocycles. The highest BCUT2D eigenvalue weighted by molar-refractivity contribution is 5.76. The molecule has 0 radical (unpaired) electrons. The van der Waals surface area contributed by atoms with Gasteiger partial charge in [-0.2, -0.15) is 0 Å². The first-order chi connectivity index (χ1) is 5.65. The van der Waals surface area contributed by atoms with Crippen LogP contribution in [0.1, 0.15) is 19.4 Å². The minimum atomic E-state index is 0.750. The molecule has 0 fully saturated rings. The Morgan fingerprint density at radius 3 is 2.58 bits per heavy atom. The third kappa shape index (κ3) is 1.59. The summed E-state index contributed by atoms with van der Waals surface area (Å²) in [7, 11) is 0. The summed E-state index contributed by atoms with van der Waals surface area (Å²) in [5, 5.41) is 0. The average molecular weight is 162 g/mol. The Balaban J connectivity index is 3.23. The lowest BCUT2D eigenvalue weighted by atomic mass is 10.0. The predicted octanol–water partition coefficient (Wildman–Crippen LogP) is 2.27. The number of nitrogen functional groups attached to an aromatic ring is 2. The van der Waals surface area contributed by atoms with Crippen LogP contribution in [0, 0.1) is 0 Å². The number of rotatable bonds is 1. The first kappa shape index (κ1) is 8.65. The largest absolute Gasteiger partial charge is 0.399 e. The van der Waals surface area contributed by atoms with Gasteiger partial charge in [-0.3, -0.25) is 0 Å². The summed E-state index contributed by atoms with van der Waals surface area (Å²) in [6.45, 7) is 4.00. The van der Waals surface area contributed by atoms with Crippen molar-refractivity contribution in [3.63, 3.8) is 0 Å². The second-order valence-electron chi connectivity index (χ2n) is 2.82. The van der Waals surface area contributed by atoms with Gasteiger partial charge < -0.3 is 11.5 Å². The summed E-state index contributed by atoms with van der Waals surface area (Å²) >= 11 is 0. The first-order valence-corrected chi connectivity index (χ1v) is 3.93. The van der Waals surface area contributed by atoms with Crippen molar-refractivity contribution in [2.75, 3.05) is 11.5 Å². The third-order valence-corrected chi connectivity index (χ3v) is 1.94. The monoisotopic (exact) mass is 162 g/mol. The number of hydrogen-bond acceptors (Lipinski definition) is 2. The smallest absolute Gasteiger partial charge is 0.0391 e. The Morgan fingerprint density at radius 1 is 1.33 bits per heavy atom. The van der Waals surface area contributed by atoms with Crippen molar-refractivity contribution in [1.29, 1.82) is 0 Å². The zero-order chi connectivity index (χ0) is 9.14. The van der Waals surface area contributed by atoms with Crippen LogP contribution >= 0.6 is 0 Å². The van der Waals surface area contributed by atoms with E-state index in [0.29, 0.717) is 0 Å². The summed E-state index contributed by atoms with van der Waals surface area (Å²) in [6.07, 6.45) is 2.02. The molecule has 0 bridgehead atoms. The standard InChI is InChI=1S/C10H14N2/c1-3-7(2)9-6-8(11)4-5-10(9)12/h3-6H,11-12H2,1-2H3. The van der Waals surface area contributed by atoms with Gasteiger partial charge in [0.2, 0.25) is 0 Å². The van der Waals surface area contributed by atoms with Crippen LogP contribution in [0.3, 0.4) is 0 Å². The van der Waals surface area contributed by atoms with Crippen LogP contribution in [-0.4, -0.2) is 0 Å². The van der Waals surface area contributed by atoms with E-state index in [1.807, 2.05) is 38.1 Å². The lowest BCUT2D eigenvalue weighted by Gasteiger charge is -2.06. The molecule has 0 aliphatic rings. The van der Waals surface area contributed by atoms with Crippen molar-refractivity contribution in [3.05, 3.63) is 29.8 Å². The van der Waals surface area contributed by atoms with Gasteiger partial charge in [0.05, 0.1) is 0 Å². The van der Waals surface area contributed by atoms with E-state index in [-0.39, 0.29) is 0 Å². The minimum Gasteiger partial charge on any atom is -0.399 e. The molecular weight excluding hydrogens is 148 g/mol. The van der Waals surface area contributed by atoms with Crippen LogP contribution in [0.25, 0.3) is 5.57 Å². The van der Waals surface area contributed by atoms with Gasteiger partial charge in [-0.05, 0) is 37.6 Å². The Kier molecular flexibility index (Phi) is 2.38. The zero-order valence-corrected chi connectivity index (χ0v) is 7.46. The fraction of sp³-hybridized carbons (Fsp3) is 0.200. The number of anilines is 2. The molecular formula is C10H14N2. The molecule has 0 aliphatic carbocycles. The van der Waals surface area contributed by atoms with Crippen molar-refractivity contribution < 1.29 is 0 Å². The molecule has 0 saturated carbocycles. The van der Waals surface area contributed by atoms with Gasteiger partial charge in [0.15, 0.2) is 0 Å². The summed E-state index contributed by atoms with van der Waals surface area (Å²) < 4.78 is 0. The molecule has 0 amide bonds. The second-order valence-corrected chi connectivity index (χ2v) is 2.82. The average Bonchev–Trinajstić information content (AvgIpc) is 2.08. The quantitative estimate of drug-likeness (QED) is 0.622. The van der Waals surface area contributed by atoms with Gasteiger partial charge in [0, 0.05) is 16.9 Å². The number of allylic oxidation sites excluding steroid dienone is 2. The van der Waals surface area contributed by atoms with Gasteiger partial charge in [-0.25, -0.2) is 0 Å². The Bertz CT molecular complexity index is 314. The van der Waals surface area contributed by atoms with E-state index in [1.54, 1.807) is 0 Å². The maximum absolute atomic E-state index is 5.77. The summed E-state index contributed by atoms with van der Waals surface area (Å²) in [4.78, 5) is 0. The summed E-state index contributed by atoms with van der Waals surface area (Å²) in [5.41, 5.74) is 15.1. The van der Waals surface area contributed by atoms with E-state index in [4.69, 9.17) is 11.5 Å². The molecule has 12 heavy (non-hydrogen) atoms. The van der Waals surface area contributed by atoms with Crippen molar-refractivity contribution in [1.82, 2.24) is 0 Å². The van der Waals surface area contributed by atoms with Crippen LogP contribution in [0.15, 0.2) is 24.3 Å². The Hall–Kier alpha value is -1.44. The molecule has 0 spiro atoms. The highest BCUT2D eigenvalue weighted by Gasteiger charge is 1.99. The maximum Gasteiger partial charge on any atom is 0.0391 e.